The zero-order valence-corrected chi connectivity index (χ0v) is 17.6. The second kappa shape index (κ2) is 7.59. The first-order valence-electron chi connectivity index (χ1n) is 10.4. The van der Waals surface area contributed by atoms with Gasteiger partial charge in [-0.2, -0.15) is 5.10 Å². The van der Waals surface area contributed by atoms with Gasteiger partial charge >= 0.3 is 6.03 Å². The lowest BCUT2D eigenvalue weighted by molar-refractivity contribution is -0.136. The maximum atomic E-state index is 13.1. The normalized spacial score (nSPS) is 23.7. The summed E-state index contributed by atoms with van der Waals surface area (Å²) in [5.74, 6) is -0.648. The highest BCUT2D eigenvalue weighted by atomic mass is 16.2. The van der Waals surface area contributed by atoms with Crippen molar-refractivity contribution in [3.05, 3.63) is 41.7 Å². The quantitative estimate of drug-likeness (QED) is 0.759. The molecule has 2 N–H and O–H groups in total. The summed E-state index contributed by atoms with van der Waals surface area (Å²) < 4.78 is 1.76. The molecule has 0 radical (unpaired) electrons. The summed E-state index contributed by atoms with van der Waals surface area (Å²) >= 11 is 0. The van der Waals surface area contributed by atoms with E-state index in [0.717, 1.165) is 35.5 Å². The van der Waals surface area contributed by atoms with Crippen LogP contribution in [0.15, 0.2) is 30.3 Å². The van der Waals surface area contributed by atoms with E-state index in [1.807, 2.05) is 51.1 Å². The highest BCUT2D eigenvalue weighted by Gasteiger charge is 2.55. The molecule has 8 nitrogen and oxygen atoms in total. The second-order valence-corrected chi connectivity index (χ2v) is 8.28. The van der Waals surface area contributed by atoms with Gasteiger partial charge in [0.25, 0.3) is 5.91 Å². The van der Waals surface area contributed by atoms with Gasteiger partial charge in [0.05, 0.1) is 22.8 Å². The summed E-state index contributed by atoms with van der Waals surface area (Å²) in [5, 5.41) is 10.2. The molecule has 158 valence electrons. The van der Waals surface area contributed by atoms with Crippen molar-refractivity contribution in [2.45, 2.75) is 52.0 Å². The van der Waals surface area contributed by atoms with Gasteiger partial charge in [0.1, 0.15) is 12.1 Å². The fourth-order valence-electron chi connectivity index (χ4n) is 4.61. The summed E-state index contributed by atoms with van der Waals surface area (Å²) in [6.07, 6.45) is 3.46. The minimum Gasteiger partial charge on any atom is -0.323 e. The lowest BCUT2D eigenvalue weighted by atomic mass is 9.73. The molecule has 2 aromatic rings. The number of aryl methyl sites for hydroxylation is 1. The van der Waals surface area contributed by atoms with E-state index < -0.39 is 17.5 Å². The molecule has 8 heteroatoms. The summed E-state index contributed by atoms with van der Waals surface area (Å²) in [5.41, 5.74) is 2.07. The molecule has 1 aromatic heterocycles. The number of aromatic nitrogens is 2. The topological polar surface area (TPSA) is 96.3 Å². The Morgan fingerprint density at radius 2 is 1.97 bits per heavy atom. The maximum absolute atomic E-state index is 13.1. The van der Waals surface area contributed by atoms with Gasteiger partial charge in [-0.05, 0) is 44.7 Å². The Morgan fingerprint density at radius 1 is 1.23 bits per heavy atom. The number of carbonyl (C=O) groups is 3. The second-order valence-electron chi connectivity index (χ2n) is 8.28. The number of hydrogen-bond donors (Lipinski definition) is 2. The molecule has 1 saturated carbocycles. The van der Waals surface area contributed by atoms with Crippen LogP contribution >= 0.6 is 0 Å². The molecule has 1 aliphatic carbocycles. The highest BCUT2D eigenvalue weighted by molar-refractivity contribution is 6.10. The van der Waals surface area contributed by atoms with E-state index in [1.165, 1.54) is 0 Å². The van der Waals surface area contributed by atoms with Crippen LogP contribution in [0.25, 0.3) is 5.69 Å². The largest absolute Gasteiger partial charge is 0.325 e. The smallest absolute Gasteiger partial charge is 0.323 e. The Morgan fingerprint density at radius 3 is 2.67 bits per heavy atom. The van der Waals surface area contributed by atoms with E-state index in [2.05, 4.69) is 15.7 Å². The average molecular weight is 409 g/mol. The first kappa shape index (κ1) is 20.1. The van der Waals surface area contributed by atoms with Gasteiger partial charge in [-0.3, -0.25) is 14.5 Å². The van der Waals surface area contributed by atoms with E-state index in [1.54, 1.807) is 4.68 Å². The molecule has 1 aliphatic heterocycles. The van der Waals surface area contributed by atoms with Crippen molar-refractivity contribution in [3.63, 3.8) is 0 Å². The number of carbonyl (C=O) groups excluding carboxylic acids is 3. The van der Waals surface area contributed by atoms with Crippen molar-refractivity contribution >= 4 is 23.5 Å². The van der Waals surface area contributed by atoms with Gasteiger partial charge in [0.2, 0.25) is 5.91 Å². The number of nitrogens with one attached hydrogen (secondary N) is 2. The van der Waals surface area contributed by atoms with Crippen LogP contribution in [-0.2, 0) is 9.59 Å². The minimum atomic E-state index is -0.861. The molecule has 0 bridgehead atoms. The van der Waals surface area contributed by atoms with Crippen molar-refractivity contribution < 1.29 is 14.4 Å². The molecule has 2 aliphatic rings. The van der Waals surface area contributed by atoms with Crippen molar-refractivity contribution in [1.82, 2.24) is 20.0 Å². The molecular weight excluding hydrogens is 382 g/mol. The zero-order chi connectivity index (χ0) is 21.5. The monoisotopic (exact) mass is 409 g/mol. The third kappa shape index (κ3) is 3.26. The van der Waals surface area contributed by atoms with Crippen molar-refractivity contribution in [2.24, 2.45) is 5.92 Å². The van der Waals surface area contributed by atoms with Crippen LogP contribution in [0.3, 0.4) is 0 Å². The van der Waals surface area contributed by atoms with Gasteiger partial charge in [-0.1, -0.05) is 38.0 Å². The van der Waals surface area contributed by atoms with Crippen LogP contribution in [0.1, 0.15) is 44.0 Å². The van der Waals surface area contributed by atoms with E-state index in [4.69, 9.17) is 0 Å². The standard InChI is InChI=1S/C22H27N5O3/c1-14-9-7-8-12-22(14)20(29)26(21(30)24-22)13-18(28)23-19-15(2)25-27(16(19)3)17-10-5-4-6-11-17/h4-6,10-11,14H,7-9,12-13H2,1-3H3,(H,23,28)(H,24,30)/t14-,22-/m1/s1. The van der Waals surface area contributed by atoms with Gasteiger partial charge in [-0.15, -0.1) is 0 Å². The van der Waals surface area contributed by atoms with Crippen LogP contribution < -0.4 is 10.6 Å². The first-order valence-corrected chi connectivity index (χ1v) is 10.4. The number of nitrogens with zero attached hydrogens (tertiary/aromatic N) is 3. The van der Waals surface area contributed by atoms with Crippen LogP contribution in [0.2, 0.25) is 0 Å². The molecule has 2 atom stereocenters. The van der Waals surface area contributed by atoms with Gasteiger partial charge in [-0.25, -0.2) is 9.48 Å². The molecule has 4 amide bonds. The Kier molecular flexibility index (Phi) is 5.09. The third-order valence-electron chi connectivity index (χ3n) is 6.36. The molecule has 0 unspecified atom stereocenters. The number of para-hydroxylation sites is 1. The number of anilines is 1. The maximum Gasteiger partial charge on any atom is 0.325 e. The van der Waals surface area contributed by atoms with Crippen molar-refractivity contribution in [3.8, 4) is 5.69 Å². The Balaban J connectivity index is 1.50. The number of rotatable bonds is 4. The predicted octanol–water partition coefficient (Wildman–Crippen LogP) is 2.93. The molecule has 4 rings (SSSR count). The molecular formula is C22H27N5O3. The minimum absolute atomic E-state index is 0.0596. The van der Waals surface area contributed by atoms with Gasteiger partial charge in [0, 0.05) is 0 Å². The third-order valence-corrected chi connectivity index (χ3v) is 6.36. The van der Waals surface area contributed by atoms with Crippen molar-refractivity contribution in [2.75, 3.05) is 11.9 Å². The molecule has 30 heavy (non-hydrogen) atoms. The summed E-state index contributed by atoms with van der Waals surface area (Å²) in [7, 11) is 0. The summed E-state index contributed by atoms with van der Waals surface area (Å²) in [6, 6.07) is 9.15. The molecule has 1 spiro atoms. The van der Waals surface area contributed by atoms with Crippen LogP contribution in [0.5, 0.6) is 0 Å². The fraction of sp³-hybridized carbons (Fsp3) is 0.455. The fourth-order valence-corrected chi connectivity index (χ4v) is 4.61. The van der Waals surface area contributed by atoms with E-state index >= 15 is 0 Å². The van der Waals surface area contributed by atoms with Gasteiger partial charge in [0.15, 0.2) is 0 Å². The van der Waals surface area contributed by atoms with E-state index in [-0.39, 0.29) is 18.4 Å². The predicted molar refractivity (Wildman–Crippen MR) is 112 cm³/mol. The molecule has 1 aromatic carbocycles. The Hall–Kier alpha value is -3.16. The summed E-state index contributed by atoms with van der Waals surface area (Å²) in [4.78, 5) is 39.4. The SMILES string of the molecule is Cc1nn(-c2ccccc2)c(C)c1NC(=O)CN1C(=O)N[C@@]2(CCCC[C@H]2C)C1=O. The summed E-state index contributed by atoms with van der Waals surface area (Å²) in [6.45, 7) is 5.36. The zero-order valence-electron chi connectivity index (χ0n) is 17.6. The first-order chi connectivity index (χ1) is 14.3. The number of imide groups is 1. The number of benzene rings is 1. The molecule has 2 fully saturated rings. The number of hydrogen-bond acceptors (Lipinski definition) is 4. The number of urea groups is 1. The highest BCUT2D eigenvalue weighted by Crippen LogP contribution is 2.38. The lowest BCUT2D eigenvalue weighted by Crippen LogP contribution is -2.54. The average Bonchev–Trinajstić information content (AvgIpc) is 3.14. The van der Waals surface area contributed by atoms with E-state index in [0.29, 0.717) is 17.8 Å². The van der Waals surface area contributed by atoms with Crippen LogP contribution in [0, 0.1) is 19.8 Å². The molecule has 1 saturated heterocycles. The van der Waals surface area contributed by atoms with E-state index in [9.17, 15) is 14.4 Å². The van der Waals surface area contributed by atoms with Crippen molar-refractivity contribution in [1.29, 1.82) is 0 Å². The lowest BCUT2D eigenvalue weighted by Gasteiger charge is -2.36. The van der Waals surface area contributed by atoms with Crippen LogP contribution in [-0.4, -0.2) is 44.6 Å². The molecule has 2 heterocycles. The Bertz CT molecular complexity index is 1000. The number of amides is 4. The Labute approximate surface area is 175 Å². The van der Waals surface area contributed by atoms with Crippen LogP contribution in [0.4, 0.5) is 10.5 Å². The van der Waals surface area contributed by atoms with Gasteiger partial charge < -0.3 is 10.6 Å².